The van der Waals surface area contributed by atoms with Crippen molar-refractivity contribution in [2.24, 2.45) is 17.8 Å². The number of hydrogen-bond acceptors (Lipinski definition) is 3. The van der Waals surface area contributed by atoms with Gasteiger partial charge in [-0.2, -0.15) is 0 Å². The van der Waals surface area contributed by atoms with Crippen LogP contribution in [0.3, 0.4) is 0 Å². The molecule has 3 atom stereocenters. The molecule has 1 aromatic heterocycles. The van der Waals surface area contributed by atoms with Gasteiger partial charge in [-0.15, -0.1) is 11.3 Å². The second kappa shape index (κ2) is 3.84. The molecule has 0 unspecified atom stereocenters. The van der Waals surface area contributed by atoms with Gasteiger partial charge >= 0.3 is 0 Å². The normalized spacial score (nSPS) is 31.9. The Labute approximate surface area is 99.3 Å². The maximum Gasteiger partial charge on any atom is 0.229 e. The Hall–Kier alpha value is -0.900. The van der Waals surface area contributed by atoms with Crippen molar-refractivity contribution in [3.8, 4) is 0 Å². The summed E-state index contributed by atoms with van der Waals surface area (Å²) in [5.41, 5.74) is 0. The monoisotopic (exact) mass is 236 g/mol. The van der Waals surface area contributed by atoms with E-state index in [0.717, 1.165) is 22.3 Å². The third-order valence-electron chi connectivity index (χ3n) is 3.93. The fourth-order valence-electron chi connectivity index (χ4n) is 3.18. The van der Waals surface area contributed by atoms with E-state index in [-0.39, 0.29) is 11.8 Å². The first-order valence-corrected chi connectivity index (χ1v) is 6.77. The summed E-state index contributed by atoms with van der Waals surface area (Å²) in [6, 6.07) is 0. The maximum absolute atomic E-state index is 12.1. The van der Waals surface area contributed by atoms with Gasteiger partial charge in [0.25, 0.3) is 0 Å². The van der Waals surface area contributed by atoms with E-state index >= 15 is 0 Å². The molecule has 2 fully saturated rings. The molecule has 1 heterocycles. The number of aromatic nitrogens is 1. The topological polar surface area (TPSA) is 42.0 Å². The number of aryl methyl sites for hydroxylation is 1. The quantitative estimate of drug-likeness (QED) is 0.858. The van der Waals surface area contributed by atoms with Gasteiger partial charge in [-0.1, -0.05) is 6.42 Å². The van der Waals surface area contributed by atoms with E-state index in [1.165, 1.54) is 19.3 Å². The molecule has 0 aromatic carbocycles. The second-order valence-electron chi connectivity index (χ2n) is 5.05. The van der Waals surface area contributed by atoms with Crippen LogP contribution < -0.4 is 5.32 Å². The van der Waals surface area contributed by atoms with E-state index in [1.807, 2.05) is 6.92 Å². The molecule has 0 saturated heterocycles. The van der Waals surface area contributed by atoms with Crippen LogP contribution in [0.2, 0.25) is 0 Å². The summed E-state index contributed by atoms with van der Waals surface area (Å²) < 4.78 is 0. The Morgan fingerprint density at radius 1 is 1.50 bits per heavy atom. The molecule has 3 rings (SSSR count). The zero-order valence-electron chi connectivity index (χ0n) is 9.40. The maximum atomic E-state index is 12.1. The molecule has 4 heteroatoms. The number of thiazole rings is 1. The lowest BCUT2D eigenvalue weighted by atomic mass is 9.88. The predicted octanol–water partition coefficient (Wildman–Crippen LogP) is 2.83. The Morgan fingerprint density at radius 3 is 2.94 bits per heavy atom. The van der Waals surface area contributed by atoms with Gasteiger partial charge in [0.1, 0.15) is 0 Å². The minimum absolute atomic E-state index is 0.196. The van der Waals surface area contributed by atoms with Crippen molar-refractivity contribution in [3.63, 3.8) is 0 Å². The van der Waals surface area contributed by atoms with Crippen molar-refractivity contribution in [2.75, 3.05) is 5.32 Å². The van der Waals surface area contributed by atoms with Crippen molar-refractivity contribution < 1.29 is 4.79 Å². The highest BCUT2D eigenvalue weighted by atomic mass is 32.1. The van der Waals surface area contributed by atoms with E-state index in [9.17, 15) is 4.79 Å². The number of carbonyl (C=O) groups is 1. The second-order valence-corrected chi connectivity index (χ2v) is 6.28. The highest BCUT2D eigenvalue weighted by Gasteiger charge is 2.43. The van der Waals surface area contributed by atoms with Crippen LogP contribution in [0, 0.1) is 24.7 Å². The third-order valence-corrected chi connectivity index (χ3v) is 4.75. The standard InChI is InChI=1S/C12H16N2OS/c1-7-6-13-12(16-7)14-11(15)10-5-8-2-3-9(10)4-8/h6,8-10H,2-5H2,1H3,(H,13,14,15)/t8-,9-,10+/m0/s1. The fourth-order valence-corrected chi connectivity index (χ4v) is 3.84. The first kappa shape index (κ1) is 10.3. The van der Waals surface area contributed by atoms with Crippen LogP contribution in [0.5, 0.6) is 0 Å². The number of anilines is 1. The van der Waals surface area contributed by atoms with E-state index in [2.05, 4.69) is 10.3 Å². The predicted molar refractivity (Wildman–Crippen MR) is 64.4 cm³/mol. The van der Waals surface area contributed by atoms with Crippen molar-refractivity contribution in [2.45, 2.75) is 32.6 Å². The molecule has 1 N–H and O–H groups in total. The summed E-state index contributed by atoms with van der Waals surface area (Å²) in [7, 11) is 0. The van der Waals surface area contributed by atoms with Crippen molar-refractivity contribution in [1.82, 2.24) is 4.98 Å². The number of amides is 1. The molecule has 1 amide bonds. The molecule has 16 heavy (non-hydrogen) atoms. The lowest BCUT2D eigenvalue weighted by molar-refractivity contribution is -0.121. The minimum Gasteiger partial charge on any atom is -0.302 e. The van der Waals surface area contributed by atoms with Crippen LogP contribution in [-0.4, -0.2) is 10.9 Å². The number of carbonyl (C=O) groups excluding carboxylic acids is 1. The van der Waals surface area contributed by atoms with Gasteiger partial charge in [0.15, 0.2) is 5.13 Å². The highest BCUT2D eigenvalue weighted by Crippen LogP contribution is 2.48. The summed E-state index contributed by atoms with van der Waals surface area (Å²) in [4.78, 5) is 17.4. The SMILES string of the molecule is Cc1cnc(NC(=O)[C@@H]2C[C@H]3CC[C@H]2C3)s1. The molecule has 2 saturated carbocycles. The Bertz CT molecular complexity index is 415. The lowest BCUT2D eigenvalue weighted by Gasteiger charge is -2.19. The van der Waals surface area contributed by atoms with E-state index in [0.29, 0.717) is 5.92 Å². The summed E-state index contributed by atoms with van der Waals surface area (Å²) in [6.07, 6.45) is 6.77. The first-order chi connectivity index (χ1) is 7.72. The van der Waals surface area contributed by atoms with Gasteiger partial charge in [0, 0.05) is 17.0 Å². The summed E-state index contributed by atoms with van der Waals surface area (Å²) >= 11 is 1.55. The molecule has 0 spiro atoms. The van der Waals surface area contributed by atoms with Crippen LogP contribution in [0.4, 0.5) is 5.13 Å². The van der Waals surface area contributed by atoms with Gasteiger partial charge in [0.2, 0.25) is 5.91 Å². The van der Waals surface area contributed by atoms with Gasteiger partial charge in [0.05, 0.1) is 0 Å². The van der Waals surface area contributed by atoms with Crippen molar-refractivity contribution >= 4 is 22.4 Å². The van der Waals surface area contributed by atoms with Crippen molar-refractivity contribution in [3.05, 3.63) is 11.1 Å². The zero-order valence-corrected chi connectivity index (χ0v) is 10.2. The summed E-state index contributed by atoms with van der Waals surface area (Å²) in [5.74, 6) is 1.91. The van der Waals surface area contributed by atoms with E-state index in [1.54, 1.807) is 17.5 Å². The number of fused-ring (bicyclic) bond motifs is 2. The van der Waals surface area contributed by atoms with Gasteiger partial charge in [-0.25, -0.2) is 4.98 Å². The van der Waals surface area contributed by atoms with Crippen LogP contribution in [0.1, 0.15) is 30.6 Å². The fraction of sp³-hybridized carbons (Fsp3) is 0.667. The third kappa shape index (κ3) is 1.75. The van der Waals surface area contributed by atoms with Gasteiger partial charge in [-0.05, 0) is 38.0 Å². The average molecular weight is 236 g/mol. The Kier molecular flexibility index (Phi) is 2.46. The molecule has 3 nitrogen and oxygen atoms in total. The molecule has 1 aromatic rings. The average Bonchev–Trinajstić information content (AvgIpc) is 2.93. The largest absolute Gasteiger partial charge is 0.302 e. The number of nitrogens with zero attached hydrogens (tertiary/aromatic N) is 1. The molecule has 2 aliphatic carbocycles. The van der Waals surface area contributed by atoms with E-state index < -0.39 is 0 Å². The molecular formula is C12H16N2OS. The van der Waals surface area contributed by atoms with Crippen LogP contribution in [0.25, 0.3) is 0 Å². The summed E-state index contributed by atoms with van der Waals surface area (Å²) in [6.45, 7) is 2.00. The van der Waals surface area contributed by atoms with E-state index in [4.69, 9.17) is 0 Å². The van der Waals surface area contributed by atoms with Gasteiger partial charge in [-0.3, -0.25) is 4.79 Å². The molecule has 2 aliphatic rings. The van der Waals surface area contributed by atoms with Crippen LogP contribution in [0.15, 0.2) is 6.20 Å². The Balaban J connectivity index is 1.65. The number of nitrogens with one attached hydrogen (secondary N) is 1. The molecule has 0 aliphatic heterocycles. The van der Waals surface area contributed by atoms with Gasteiger partial charge < -0.3 is 5.32 Å². The zero-order chi connectivity index (χ0) is 11.1. The minimum atomic E-state index is 0.196. The molecule has 0 radical (unpaired) electrons. The number of hydrogen-bond donors (Lipinski definition) is 1. The Morgan fingerprint density at radius 2 is 2.38 bits per heavy atom. The van der Waals surface area contributed by atoms with Crippen LogP contribution in [-0.2, 0) is 4.79 Å². The molecular weight excluding hydrogens is 220 g/mol. The lowest BCUT2D eigenvalue weighted by Crippen LogP contribution is -2.27. The molecule has 86 valence electrons. The summed E-state index contributed by atoms with van der Waals surface area (Å²) in [5, 5.41) is 3.71. The van der Waals surface area contributed by atoms with Crippen LogP contribution >= 0.6 is 11.3 Å². The highest BCUT2D eigenvalue weighted by molar-refractivity contribution is 7.15. The molecule has 2 bridgehead atoms. The smallest absolute Gasteiger partial charge is 0.229 e. The number of rotatable bonds is 2. The van der Waals surface area contributed by atoms with Crippen molar-refractivity contribution in [1.29, 1.82) is 0 Å². The first-order valence-electron chi connectivity index (χ1n) is 5.95.